The lowest BCUT2D eigenvalue weighted by Gasteiger charge is -2.10. The molecule has 0 unspecified atom stereocenters. The smallest absolute Gasteiger partial charge is 0.141 e. The highest BCUT2D eigenvalue weighted by Gasteiger charge is 2.05. The van der Waals surface area contributed by atoms with Gasteiger partial charge in [0.2, 0.25) is 0 Å². The molecule has 0 spiro atoms. The van der Waals surface area contributed by atoms with Crippen LogP contribution in [0.4, 0.5) is 0 Å². The van der Waals surface area contributed by atoms with Gasteiger partial charge in [-0.3, -0.25) is 0 Å². The van der Waals surface area contributed by atoms with E-state index in [1.807, 2.05) is 36.4 Å². The maximum atomic E-state index is 5.87. The molecule has 0 N–H and O–H groups in total. The van der Waals surface area contributed by atoms with E-state index >= 15 is 0 Å². The van der Waals surface area contributed by atoms with E-state index in [0.717, 1.165) is 24.9 Å². The van der Waals surface area contributed by atoms with Gasteiger partial charge in [0.15, 0.2) is 0 Å². The molecule has 88 valence electrons. The number of rotatable bonds is 3. The summed E-state index contributed by atoms with van der Waals surface area (Å²) in [6.45, 7) is 0. The first-order chi connectivity index (χ1) is 8.20. The third-order valence-corrected chi connectivity index (χ3v) is 4.37. The van der Waals surface area contributed by atoms with E-state index in [9.17, 15) is 0 Å². The Morgan fingerprint density at radius 1 is 1.06 bits per heavy atom. The minimum absolute atomic E-state index is 0.832. The van der Waals surface area contributed by atoms with Gasteiger partial charge in [0.25, 0.3) is 0 Å². The largest absolute Gasteiger partial charge is 0.455 e. The molecule has 2 aromatic rings. The molecule has 0 atom stereocenters. The predicted molar refractivity (Wildman–Crippen MR) is 86.0 cm³/mol. The number of halogens is 3. The van der Waals surface area contributed by atoms with Gasteiger partial charge in [-0.05, 0) is 68.3 Å². The van der Waals surface area contributed by atoms with Crippen molar-refractivity contribution >= 4 is 54.5 Å². The van der Waals surface area contributed by atoms with E-state index in [4.69, 9.17) is 4.74 Å². The van der Waals surface area contributed by atoms with Crippen LogP contribution in [0.2, 0.25) is 0 Å². The van der Waals surface area contributed by atoms with Crippen LogP contribution in [-0.2, 0) is 5.33 Å². The van der Waals surface area contributed by atoms with Crippen molar-refractivity contribution < 1.29 is 4.74 Å². The zero-order chi connectivity index (χ0) is 12.3. The average Bonchev–Trinajstić information content (AvgIpc) is 2.34. The second-order valence-corrected chi connectivity index (χ2v) is 6.01. The van der Waals surface area contributed by atoms with Crippen LogP contribution < -0.4 is 4.74 Å². The predicted octanol–water partition coefficient (Wildman–Crippen LogP) is 5.74. The van der Waals surface area contributed by atoms with E-state index in [2.05, 4.69) is 60.5 Å². The number of hydrogen-bond acceptors (Lipinski definition) is 1. The highest BCUT2D eigenvalue weighted by molar-refractivity contribution is 14.1. The molecule has 0 heterocycles. The van der Waals surface area contributed by atoms with Gasteiger partial charge in [-0.15, -0.1) is 0 Å². The van der Waals surface area contributed by atoms with Crippen LogP contribution in [0.3, 0.4) is 0 Å². The first-order valence-electron chi connectivity index (χ1n) is 4.97. The summed E-state index contributed by atoms with van der Waals surface area (Å²) in [5.41, 5.74) is 1.21. The third-order valence-electron chi connectivity index (χ3n) is 2.21. The monoisotopic (exact) mass is 466 g/mol. The summed E-state index contributed by atoms with van der Waals surface area (Å²) in [6, 6.07) is 14.0. The summed E-state index contributed by atoms with van der Waals surface area (Å²) in [5.74, 6) is 1.71. The molecule has 2 aromatic carbocycles. The summed E-state index contributed by atoms with van der Waals surface area (Å²) in [6.07, 6.45) is 0. The molecule has 0 saturated carbocycles. The fourth-order valence-electron chi connectivity index (χ4n) is 1.36. The van der Waals surface area contributed by atoms with Gasteiger partial charge in [0, 0.05) is 5.33 Å². The number of ether oxygens (including phenoxy) is 1. The average molecular weight is 468 g/mol. The summed E-state index contributed by atoms with van der Waals surface area (Å²) < 4.78 is 7.94. The van der Waals surface area contributed by atoms with Gasteiger partial charge >= 0.3 is 0 Å². The van der Waals surface area contributed by atoms with Gasteiger partial charge in [0.1, 0.15) is 11.5 Å². The lowest BCUT2D eigenvalue weighted by molar-refractivity contribution is 0.476. The standard InChI is InChI=1S/C13H9Br2IO/c14-8-9-5-6-12(10(15)7-9)17-13-4-2-1-3-11(13)16/h1-7H,8H2. The number of para-hydroxylation sites is 1. The molecular weight excluding hydrogens is 459 g/mol. The van der Waals surface area contributed by atoms with Crippen LogP contribution in [0.5, 0.6) is 11.5 Å². The van der Waals surface area contributed by atoms with Crippen LogP contribution in [0.25, 0.3) is 0 Å². The van der Waals surface area contributed by atoms with Crippen molar-refractivity contribution in [3.63, 3.8) is 0 Å². The summed E-state index contributed by atoms with van der Waals surface area (Å²) >= 11 is 9.22. The van der Waals surface area contributed by atoms with Gasteiger partial charge in [-0.2, -0.15) is 0 Å². The zero-order valence-corrected chi connectivity index (χ0v) is 14.1. The molecule has 2 rings (SSSR count). The topological polar surface area (TPSA) is 9.23 Å². The van der Waals surface area contributed by atoms with E-state index in [1.54, 1.807) is 0 Å². The molecule has 0 aliphatic rings. The van der Waals surface area contributed by atoms with Gasteiger partial charge in [-0.1, -0.05) is 34.1 Å². The second-order valence-electron chi connectivity index (χ2n) is 3.43. The van der Waals surface area contributed by atoms with E-state index in [0.29, 0.717) is 0 Å². The van der Waals surface area contributed by atoms with Crippen LogP contribution in [0.1, 0.15) is 5.56 Å². The number of benzene rings is 2. The van der Waals surface area contributed by atoms with Gasteiger partial charge in [0.05, 0.1) is 8.04 Å². The van der Waals surface area contributed by atoms with Crippen molar-refractivity contribution in [1.82, 2.24) is 0 Å². The first kappa shape index (κ1) is 13.4. The van der Waals surface area contributed by atoms with Gasteiger partial charge in [-0.25, -0.2) is 0 Å². The SMILES string of the molecule is BrCc1ccc(Oc2ccccc2I)c(Br)c1. The van der Waals surface area contributed by atoms with E-state index in [-0.39, 0.29) is 0 Å². The van der Waals surface area contributed by atoms with Crippen molar-refractivity contribution in [2.75, 3.05) is 0 Å². The Morgan fingerprint density at radius 3 is 2.47 bits per heavy atom. The van der Waals surface area contributed by atoms with Crippen molar-refractivity contribution in [3.05, 3.63) is 56.1 Å². The Hall–Kier alpha value is -0.0700. The van der Waals surface area contributed by atoms with Crippen LogP contribution in [-0.4, -0.2) is 0 Å². The molecule has 17 heavy (non-hydrogen) atoms. The summed E-state index contributed by atoms with van der Waals surface area (Å²) in [5, 5.41) is 0.842. The quantitative estimate of drug-likeness (QED) is 0.413. The Balaban J connectivity index is 2.28. The van der Waals surface area contributed by atoms with E-state index in [1.165, 1.54) is 5.56 Å². The molecular formula is C13H9Br2IO. The minimum Gasteiger partial charge on any atom is -0.455 e. The van der Waals surface area contributed by atoms with Crippen LogP contribution in [0, 0.1) is 3.57 Å². The van der Waals surface area contributed by atoms with Crippen LogP contribution in [0.15, 0.2) is 46.9 Å². The van der Waals surface area contributed by atoms with Crippen molar-refractivity contribution in [2.24, 2.45) is 0 Å². The molecule has 0 amide bonds. The fraction of sp³-hybridized carbons (Fsp3) is 0.0769. The molecule has 0 radical (unpaired) electrons. The molecule has 0 fully saturated rings. The van der Waals surface area contributed by atoms with Crippen molar-refractivity contribution in [3.8, 4) is 11.5 Å². The fourth-order valence-corrected chi connectivity index (χ4v) is 2.71. The Labute approximate surface area is 131 Å². The molecule has 0 aliphatic heterocycles. The highest BCUT2D eigenvalue weighted by atomic mass is 127. The maximum Gasteiger partial charge on any atom is 0.141 e. The normalized spacial score (nSPS) is 10.3. The lowest BCUT2D eigenvalue weighted by atomic mass is 10.2. The number of hydrogen-bond donors (Lipinski definition) is 0. The van der Waals surface area contributed by atoms with E-state index < -0.39 is 0 Å². The minimum atomic E-state index is 0.832. The lowest BCUT2D eigenvalue weighted by Crippen LogP contribution is -1.89. The van der Waals surface area contributed by atoms with Crippen molar-refractivity contribution in [1.29, 1.82) is 0 Å². The molecule has 1 nitrogen and oxygen atoms in total. The number of alkyl halides is 1. The van der Waals surface area contributed by atoms with Crippen molar-refractivity contribution in [2.45, 2.75) is 5.33 Å². The Morgan fingerprint density at radius 2 is 1.82 bits per heavy atom. The molecule has 0 bridgehead atoms. The highest BCUT2D eigenvalue weighted by Crippen LogP contribution is 2.32. The summed E-state index contributed by atoms with van der Waals surface area (Å²) in [4.78, 5) is 0. The Bertz CT molecular complexity index is 529. The third kappa shape index (κ3) is 3.45. The Kier molecular flexibility index (Phi) is 4.87. The second kappa shape index (κ2) is 6.20. The van der Waals surface area contributed by atoms with Gasteiger partial charge < -0.3 is 4.74 Å². The summed E-state index contributed by atoms with van der Waals surface area (Å²) in [7, 11) is 0. The first-order valence-corrected chi connectivity index (χ1v) is 7.97. The molecule has 0 saturated heterocycles. The maximum absolute atomic E-state index is 5.87. The molecule has 4 heteroatoms. The molecule has 0 aromatic heterocycles. The van der Waals surface area contributed by atoms with Crippen LogP contribution >= 0.6 is 54.5 Å². The zero-order valence-electron chi connectivity index (χ0n) is 8.79. The molecule has 0 aliphatic carbocycles.